The van der Waals surface area contributed by atoms with Gasteiger partial charge in [0.25, 0.3) is 5.91 Å². The van der Waals surface area contributed by atoms with Crippen LogP contribution in [0.25, 0.3) is 11.1 Å². The van der Waals surface area contributed by atoms with Gasteiger partial charge in [0.2, 0.25) is 5.88 Å². The Morgan fingerprint density at radius 3 is 1.88 bits per heavy atom. The first-order chi connectivity index (χ1) is 21.0. The van der Waals surface area contributed by atoms with Crippen molar-refractivity contribution in [2.24, 2.45) is 0 Å². The molecule has 4 aromatic rings. The van der Waals surface area contributed by atoms with Crippen molar-refractivity contribution >= 4 is 5.91 Å². The molecule has 1 amide bonds. The number of aryl methyl sites for hydroxylation is 1. The van der Waals surface area contributed by atoms with Crippen molar-refractivity contribution < 1.29 is 24.5 Å². The van der Waals surface area contributed by atoms with E-state index in [0.29, 0.717) is 60.9 Å². The molecule has 8 heteroatoms. The van der Waals surface area contributed by atoms with E-state index in [1.807, 2.05) is 36.4 Å². The molecule has 1 saturated heterocycles. The SMILES string of the molecule is CCCCc1nc(O)c(C(=O)N2CCN(C(c3ccccc3)c3ccccc3)CC2)c(O)c1-c1c(OC)cccc1OC. The minimum atomic E-state index is -0.472. The van der Waals surface area contributed by atoms with E-state index in [1.165, 1.54) is 11.1 Å². The zero-order valence-corrected chi connectivity index (χ0v) is 25.0. The summed E-state index contributed by atoms with van der Waals surface area (Å²) in [4.78, 5) is 22.5. The van der Waals surface area contributed by atoms with Gasteiger partial charge in [0.05, 0.1) is 37.1 Å². The molecule has 0 unspecified atom stereocenters. The summed E-state index contributed by atoms with van der Waals surface area (Å²) in [6.07, 6.45) is 2.18. The summed E-state index contributed by atoms with van der Waals surface area (Å²) in [6.45, 7) is 4.16. The van der Waals surface area contributed by atoms with Crippen LogP contribution in [-0.4, -0.2) is 71.3 Å². The Bertz CT molecular complexity index is 1470. The molecule has 0 bridgehead atoms. The van der Waals surface area contributed by atoms with Crippen LogP contribution in [0.15, 0.2) is 78.9 Å². The molecule has 0 saturated carbocycles. The molecule has 0 spiro atoms. The van der Waals surface area contributed by atoms with E-state index in [9.17, 15) is 15.0 Å². The first-order valence-corrected chi connectivity index (χ1v) is 14.8. The standard InChI is InChI=1S/C35H39N3O5/c1-4-5-17-26-29(30-27(42-2)18-12-19-28(30)43-3)33(39)31(34(40)36-26)35(41)38-22-20-37(21-23-38)32(24-13-8-6-9-14-24)25-15-10-7-11-16-25/h6-16,18-19,32H,4-5,17,20-23H2,1-3H3,(H2,36,39,40). The maximum absolute atomic E-state index is 14.0. The van der Waals surface area contributed by atoms with Crippen molar-refractivity contribution in [1.29, 1.82) is 0 Å². The Morgan fingerprint density at radius 1 is 0.814 bits per heavy atom. The van der Waals surface area contributed by atoms with E-state index in [4.69, 9.17) is 9.47 Å². The van der Waals surface area contributed by atoms with E-state index in [0.717, 1.165) is 12.8 Å². The minimum Gasteiger partial charge on any atom is -0.506 e. The van der Waals surface area contributed by atoms with Crippen molar-refractivity contribution in [2.45, 2.75) is 32.2 Å². The number of piperazine rings is 1. The van der Waals surface area contributed by atoms with Crippen LogP contribution in [0, 0.1) is 0 Å². The molecule has 3 aromatic carbocycles. The molecule has 0 radical (unpaired) electrons. The highest BCUT2D eigenvalue weighted by atomic mass is 16.5. The predicted octanol–water partition coefficient (Wildman–Crippen LogP) is 6.07. The maximum atomic E-state index is 14.0. The van der Waals surface area contributed by atoms with Crippen LogP contribution in [0.5, 0.6) is 23.1 Å². The number of methoxy groups -OCH3 is 2. The summed E-state index contributed by atoms with van der Waals surface area (Å²) < 4.78 is 11.3. The largest absolute Gasteiger partial charge is 0.506 e. The number of amides is 1. The van der Waals surface area contributed by atoms with Gasteiger partial charge in [0, 0.05) is 26.2 Å². The monoisotopic (exact) mass is 581 g/mol. The summed E-state index contributed by atoms with van der Waals surface area (Å²) in [6, 6.07) is 26.1. The fourth-order valence-corrected chi connectivity index (χ4v) is 5.92. The third-order valence-corrected chi connectivity index (χ3v) is 8.08. The van der Waals surface area contributed by atoms with E-state index in [1.54, 1.807) is 37.3 Å². The molecule has 1 fully saturated rings. The zero-order valence-electron chi connectivity index (χ0n) is 25.0. The molecule has 0 atom stereocenters. The van der Waals surface area contributed by atoms with E-state index in [-0.39, 0.29) is 17.4 Å². The van der Waals surface area contributed by atoms with E-state index >= 15 is 0 Å². The third kappa shape index (κ3) is 6.15. The molecule has 43 heavy (non-hydrogen) atoms. The van der Waals surface area contributed by atoms with Crippen molar-refractivity contribution in [2.75, 3.05) is 40.4 Å². The first-order valence-electron chi connectivity index (χ1n) is 14.8. The number of ether oxygens (including phenoxy) is 2. The summed E-state index contributed by atoms with van der Waals surface area (Å²) in [5, 5.41) is 22.8. The summed E-state index contributed by atoms with van der Waals surface area (Å²) in [5.41, 5.74) is 3.48. The summed E-state index contributed by atoms with van der Waals surface area (Å²) in [5.74, 6) is -0.310. The van der Waals surface area contributed by atoms with Crippen LogP contribution in [0.1, 0.15) is 53.0 Å². The Balaban J connectivity index is 1.47. The van der Waals surface area contributed by atoms with Gasteiger partial charge in [-0.15, -0.1) is 0 Å². The summed E-state index contributed by atoms with van der Waals surface area (Å²) in [7, 11) is 3.08. The average Bonchev–Trinajstić information content (AvgIpc) is 3.05. The first kappa shape index (κ1) is 29.9. The van der Waals surface area contributed by atoms with Crippen molar-refractivity contribution in [1.82, 2.24) is 14.8 Å². The number of rotatable bonds is 10. The van der Waals surface area contributed by atoms with Gasteiger partial charge in [-0.3, -0.25) is 9.69 Å². The molecule has 1 aliphatic rings. The quantitative estimate of drug-likeness (QED) is 0.235. The van der Waals surface area contributed by atoms with Gasteiger partial charge in [0.1, 0.15) is 22.8 Å². The third-order valence-electron chi connectivity index (χ3n) is 8.08. The van der Waals surface area contributed by atoms with E-state index in [2.05, 4.69) is 41.1 Å². The second-order valence-electron chi connectivity index (χ2n) is 10.7. The van der Waals surface area contributed by atoms with Crippen LogP contribution in [0.4, 0.5) is 0 Å². The number of nitrogens with zero attached hydrogens (tertiary/aromatic N) is 3. The Morgan fingerprint density at radius 2 is 1.37 bits per heavy atom. The molecule has 1 aliphatic heterocycles. The molecular weight excluding hydrogens is 542 g/mol. The number of aromatic hydroxyl groups is 2. The molecule has 8 nitrogen and oxygen atoms in total. The van der Waals surface area contributed by atoms with Crippen LogP contribution in [-0.2, 0) is 6.42 Å². The fraction of sp³-hybridized carbons (Fsp3) is 0.314. The summed E-state index contributed by atoms with van der Waals surface area (Å²) >= 11 is 0. The zero-order chi connectivity index (χ0) is 30.3. The lowest BCUT2D eigenvalue weighted by atomic mass is 9.95. The molecule has 1 aromatic heterocycles. The van der Waals surface area contributed by atoms with E-state index < -0.39 is 11.8 Å². The van der Waals surface area contributed by atoms with Crippen LogP contribution in [0.2, 0.25) is 0 Å². The van der Waals surface area contributed by atoms with Crippen molar-refractivity contribution in [3.63, 3.8) is 0 Å². The van der Waals surface area contributed by atoms with Gasteiger partial charge >= 0.3 is 0 Å². The Hall–Kier alpha value is -4.56. The normalized spacial score (nSPS) is 13.7. The number of carbonyl (C=O) groups is 1. The predicted molar refractivity (Wildman–Crippen MR) is 167 cm³/mol. The van der Waals surface area contributed by atoms with Crippen LogP contribution in [0.3, 0.4) is 0 Å². The van der Waals surface area contributed by atoms with Gasteiger partial charge in [-0.1, -0.05) is 80.1 Å². The molecule has 224 valence electrons. The lowest BCUT2D eigenvalue weighted by molar-refractivity contribution is 0.0591. The second kappa shape index (κ2) is 13.6. The highest BCUT2D eigenvalue weighted by Gasteiger charge is 2.34. The van der Waals surface area contributed by atoms with Crippen molar-refractivity contribution in [3.8, 4) is 34.3 Å². The molecule has 5 rings (SSSR count). The lowest BCUT2D eigenvalue weighted by Crippen LogP contribution is -2.50. The molecule has 2 heterocycles. The number of unbranched alkanes of at least 4 members (excludes halogenated alkanes) is 1. The fourth-order valence-electron chi connectivity index (χ4n) is 5.92. The van der Waals surface area contributed by atoms with Gasteiger partial charge in [-0.25, -0.2) is 4.98 Å². The molecule has 0 aliphatic carbocycles. The highest BCUT2D eigenvalue weighted by Crippen LogP contribution is 2.47. The van der Waals surface area contributed by atoms with Crippen LogP contribution < -0.4 is 9.47 Å². The lowest BCUT2D eigenvalue weighted by Gasteiger charge is -2.40. The van der Waals surface area contributed by atoms with Crippen LogP contribution >= 0.6 is 0 Å². The topological polar surface area (TPSA) is 95.4 Å². The smallest absolute Gasteiger partial charge is 0.263 e. The average molecular weight is 582 g/mol. The second-order valence-corrected chi connectivity index (χ2v) is 10.7. The number of pyridine rings is 1. The van der Waals surface area contributed by atoms with Gasteiger partial charge in [-0.05, 0) is 36.1 Å². The minimum absolute atomic E-state index is 0.0468. The van der Waals surface area contributed by atoms with Gasteiger partial charge < -0.3 is 24.6 Å². The number of benzene rings is 3. The van der Waals surface area contributed by atoms with Gasteiger partial charge in [-0.2, -0.15) is 0 Å². The number of hydrogen-bond donors (Lipinski definition) is 2. The van der Waals surface area contributed by atoms with Gasteiger partial charge in [0.15, 0.2) is 0 Å². The number of carbonyl (C=O) groups excluding carboxylic acids is 1. The number of aromatic nitrogens is 1. The molecular formula is C35H39N3O5. The maximum Gasteiger partial charge on any atom is 0.263 e. The Labute approximate surface area is 253 Å². The number of hydrogen-bond acceptors (Lipinski definition) is 7. The highest BCUT2D eigenvalue weighted by molar-refractivity contribution is 6.02. The Kier molecular flexibility index (Phi) is 9.47. The molecule has 2 N–H and O–H groups in total. The van der Waals surface area contributed by atoms with Crippen molar-refractivity contribution in [3.05, 3.63) is 101 Å².